The summed E-state index contributed by atoms with van der Waals surface area (Å²) in [5.41, 5.74) is 3.86. The second kappa shape index (κ2) is 13.7. The van der Waals surface area contributed by atoms with E-state index in [4.69, 9.17) is 11.6 Å². The third-order valence-corrected chi connectivity index (χ3v) is 9.13. The fraction of sp³-hybridized carbons (Fsp3) is 0.212. The summed E-state index contributed by atoms with van der Waals surface area (Å²) in [6.07, 6.45) is 0.256. The number of aryl methyl sites for hydroxylation is 2. The molecule has 2 amide bonds. The first-order chi connectivity index (χ1) is 20.1. The van der Waals surface area contributed by atoms with Gasteiger partial charge < -0.3 is 10.2 Å². The normalized spacial score (nSPS) is 11.9. The van der Waals surface area contributed by atoms with Crippen LogP contribution < -0.4 is 9.62 Å². The molecule has 0 aliphatic rings. The number of benzene rings is 4. The molecule has 0 bridgehead atoms. The monoisotopic (exact) mass is 603 g/mol. The number of amides is 2. The number of likely N-dealkylation sites (N-methyl/N-ethyl adjacent to an activating group) is 1. The molecular formula is C33H34ClN3O4S. The predicted molar refractivity (Wildman–Crippen MR) is 167 cm³/mol. The van der Waals surface area contributed by atoms with E-state index in [9.17, 15) is 18.0 Å². The highest BCUT2D eigenvalue weighted by atomic mass is 35.5. The standard InChI is InChI=1S/C33H34ClN3O4S/c1-24-10-9-15-29(20-24)37(42(40,41)30-18-16-28(34)17-19-30)23-32(38)36(22-27-14-8-7-11-25(27)2)31(33(39)35-3)21-26-12-5-4-6-13-26/h4-20,31H,21-23H2,1-3H3,(H,35,39)/t31-/m0/s1. The molecule has 4 aromatic carbocycles. The van der Waals surface area contributed by atoms with Crippen molar-refractivity contribution in [3.05, 3.63) is 130 Å². The average Bonchev–Trinajstić information content (AvgIpc) is 2.98. The van der Waals surface area contributed by atoms with Gasteiger partial charge in [0.15, 0.2) is 0 Å². The van der Waals surface area contributed by atoms with E-state index in [-0.39, 0.29) is 23.8 Å². The maximum Gasteiger partial charge on any atom is 0.264 e. The van der Waals surface area contributed by atoms with Gasteiger partial charge in [0.05, 0.1) is 10.6 Å². The summed E-state index contributed by atoms with van der Waals surface area (Å²) in [6.45, 7) is 3.40. The molecule has 0 radical (unpaired) electrons. The van der Waals surface area contributed by atoms with E-state index in [0.717, 1.165) is 26.6 Å². The number of hydrogen-bond donors (Lipinski definition) is 1. The van der Waals surface area contributed by atoms with Gasteiger partial charge in [-0.05, 0) is 72.5 Å². The number of carbonyl (C=O) groups excluding carboxylic acids is 2. The summed E-state index contributed by atoms with van der Waals surface area (Å²) >= 11 is 6.03. The summed E-state index contributed by atoms with van der Waals surface area (Å²) in [4.78, 5) is 29.1. The van der Waals surface area contributed by atoms with E-state index >= 15 is 0 Å². The number of nitrogens with one attached hydrogen (secondary N) is 1. The first-order valence-corrected chi connectivity index (χ1v) is 15.4. The molecule has 9 heteroatoms. The van der Waals surface area contributed by atoms with Crippen LogP contribution in [0.1, 0.15) is 22.3 Å². The quantitative estimate of drug-likeness (QED) is 0.244. The van der Waals surface area contributed by atoms with Crippen LogP contribution in [-0.4, -0.2) is 44.8 Å². The summed E-state index contributed by atoms with van der Waals surface area (Å²) in [6, 6.07) is 29.0. The summed E-state index contributed by atoms with van der Waals surface area (Å²) in [7, 11) is -2.65. The fourth-order valence-electron chi connectivity index (χ4n) is 4.74. The summed E-state index contributed by atoms with van der Waals surface area (Å²) in [5.74, 6) is -0.856. The molecule has 0 unspecified atom stereocenters. The van der Waals surface area contributed by atoms with Gasteiger partial charge in [0.1, 0.15) is 12.6 Å². The molecule has 0 aromatic heterocycles. The second-order valence-electron chi connectivity index (χ2n) is 10.1. The van der Waals surface area contributed by atoms with Crippen LogP contribution in [0.5, 0.6) is 0 Å². The van der Waals surface area contributed by atoms with Gasteiger partial charge in [-0.1, -0.05) is 78.3 Å². The molecule has 0 spiro atoms. The lowest BCUT2D eigenvalue weighted by Crippen LogP contribution is -2.53. The molecule has 0 saturated heterocycles. The average molecular weight is 604 g/mol. The van der Waals surface area contributed by atoms with Crippen LogP contribution in [0.2, 0.25) is 5.02 Å². The fourth-order valence-corrected chi connectivity index (χ4v) is 6.27. The van der Waals surface area contributed by atoms with Crippen LogP contribution in [0.15, 0.2) is 108 Å². The second-order valence-corrected chi connectivity index (χ2v) is 12.4. The first kappa shape index (κ1) is 30.8. The Kier molecular flexibility index (Phi) is 10.0. The largest absolute Gasteiger partial charge is 0.357 e. The van der Waals surface area contributed by atoms with E-state index in [1.165, 1.54) is 36.2 Å². The molecule has 0 aliphatic heterocycles. The smallest absolute Gasteiger partial charge is 0.264 e. The Morgan fingerprint density at radius 2 is 1.52 bits per heavy atom. The number of halogens is 1. The lowest BCUT2D eigenvalue weighted by molar-refractivity contribution is -0.139. The van der Waals surface area contributed by atoms with Gasteiger partial charge >= 0.3 is 0 Å². The van der Waals surface area contributed by atoms with Crippen LogP contribution in [-0.2, 0) is 32.6 Å². The van der Waals surface area contributed by atoms with Gasteiger partial charge in [0.25, 0.3) is 10.0 Å². The van der Waals surface area contributed by atoms with Crippen LogP contribution in [0.25, 0.3) is 0 Å². The van der Waals surface area contributed by atoms with Crippen molar-refractivity contribution in [3.63, 3.8) is 0 Å². The molecule has 218 valence electrons. The molecule has 7 nitrogen and oxygen atoms in total. The van der Waals surface area contributed by atoms with Crippen LogP contribution in [0, 0.1) is 13.8 Å². The van der Waals surface area contributed by atoms with Crippen LogP contribution >= 0.6 is 11.6 Å². The molecule has 1 atom stereocenters. The zero-order valence-electron chi connectivity index (χ0n) is 23.8. The van der Waals surface area contributed by atoms with Gasteiger partial charge in [-0.25, -0.2) is 8.42 Å². The van der Waals surface area contributed by atoms with Gasteiger partial charge in [0.2, 0.25) is 11.8 Å². The minimum absolute atomic E-state index is 0.00111. The molecule has 4 aromatic rings. The van der Waals surface area contributed by atoms with Gasteiger partial charge in [-0.15, -0.1) is 0 Å². The van der Waals surface area contributed by atoms with Crippen molar-refractivity contribution in [3.8, 4) is 0 Å². The molecule has 1 N–H and O–H groups in total. The predicted octanol–water partition coefficient (Wildman–Crippen LogP) is 5.54. The van der Waals surface area contributed by atoms with Crippen molar-refractivity contribution in [2.45, 2.75) is 37.8 Å². The third-order valence-electron chi connectivity index (χ3n) is 7.09. The van der Waals surface area contributed by atoms with E-state index in [0.29, 0.717) is 10.7 Å². The Bertz CT molecular complexity index is 1640. The molecule has 0 heterocycles. The molecule has 0 fully saturated rings. The molecule has 0 aliphatic carbocycles. The maximum absolute atomic E-state index is 14.3. The van der Waals surface area contributed by atoms with E-state index in [2.05, 4.69) is 5.32 Å². The molecule has 42 heavy (non-hydrogen) atoms. The lowest BCUT2D eigenvalue weighted by Gasteiger charge is -2.34. The first-order valence-electron chi connectivity index (χ1n) is 13.5. The van der Waals surface area contributed by atoms with Crippen molar-refractivity contribution < 1.29 is 18.0 Å². The highest BCUT2D eigenvalue weighted by Gasteiger charge is 2.34. The minimum atomic E-state index is -4.18. The van der Waals surface area contributed by atoms with Crippen molar-refractivity contribution in [2.75, 3.05) is 17.9 Å². The van der Waals surface area contributed by atoms with Crippen LogP contribution in [0.4, 0.5) is 5.69 Å². The van der Waals surface area contributed by atoms with Gasteiger partial charge in [0, 0.05) is 25.0 Å². The van der Waals surface area contributed by atoms with E-state index in [1.54, 1.807) is 18.2 Å². The highest BCUT2D eigenvalue weighted by molar-refractivity contribution is 7.92. The molecule has 4 rings (SSSR count). The zero-order valence-corrected chi connectivity index (χ0v) is 25.4. The minimum Gasteiger partial charge on any atom is -0.357 e. The van der Waals surface area contributed by atoms with E-state index in [1.807, 2.05) is 74.5 Å². The maximum atomic E-state index is 14.3. The number of sulfonamides is 1. The van der Waals surface area contributed by atoms with E-state index < -0.39 is 28.5 Å². The topological polar surface area (TPSA) is 86.8 Å². The SMILES string of the molecule is CNC(=O)[C@H](Cc1ccccc1)N(Cc1ccccc1C)C(=O)CN(c1cccc(C)c1)S(=O)(=O)c1ccc(Cl)cc1. The Labute approximate surface area is 252 Å². The number of carbonyl (C=O) groups is 2. The highest BCUT2D eigenvalue weighted by Crippen LogP contribution is 2.27. The van der Waals surface area contributed by atoms with Gasteiger partial charge in [-0.2, -0.15) is 0 Å². The van der Waals surface area contributed by atoms with Gasteiger partial charge in [-0.3, -0.25) is 13.9 Å². The van der Waals surface area contributed by atoms with Crippen molar-refractivity contribution in [2.24, 2.45) is 0 Å². The van der Waals surface area contributed by atoms with Crippen molar-refractivity contribution >= 4 is 39.1 Å². The Hall–Kier alpha value is -4.14. The molecule has 0 saturated carbocycles. The summed E-state index contributed by atoms with van der Waals surface area (Å²) < 4.78 is 29.1. The Morgan fingerprint density at radius 1 is 0.857 bits per heavy atom. The number of nitrogens with zero attached hydrogens (tertiary/aromatic N) is 2. The zero-order chi connectivity index (χ0) is 30.3. The van der Waals surface area contributed by atoms with Crippen molar-refractivity contribution in [1.82, 2.24) is 10.2 Å². The molecular weight excluding hydrogens is 570 g/mol. The lowest BCUT2D eigenvalue weighted by atomic mass is 10.0. The third kappa shape index (κ3) is 7.38. The van der Waals surface area contributed by atoms with Crippen LogP contribution in [0.3, 0.4) is 0 Å². The Morgan fingerprint density at radius 3 is 2.17 bits per heavy atom. The van der Waals surface area contributed by atoms with Crippen molar-refractivity contribution in [1.29, 1.82) is 0 Å². The number of hydrogen-bond acceptors (Lipinski definition) is 4. The number of rotatable bonds is 11. The summed E-state index contributed by atoms with van der Waals surface area (Å²) in [5, 5.41) is 3.09. The Balaban J connectivity index is 1.80. The number of anilines is 1.